The maximum Gasteiger partial charge on any atom is 0.335 e. The van der Waals surface area contributed by atoms with Crippen LogP contribution in [0.25, 0.3) is 0 Å². The van der Waals surface area contributed by atoms with Gasteiger partial charge < -0.3 is 10.4 Å². The normalized spacial score (nSPS) is 10.2. The lowest BCUT2D eigenvalue weighted by Crippen LogP contribution is -2.13. The first-order valence-electron chi connectivity index (χ1n) is 5.98. The van der Waals surface area contributed by atoms with Crippen molar-refractivity contribution in [3.8, 4) is 0 Å². The Hall–Kier alpha value is -1.85. The highest BCUT2D eigenvalue weighted by Crippen LogP contribution is 2.21. The zero-order valence-electron chi connectivity index (χ0n) is 11.0. The number of aromatic carboxylic acids is 1. The maximum absolute atomic E-state index is 12.2. The molecule has 6 heteroatoms. The van der Waals surface area contributed by atoms with E-state index >= 15 is 0 Å². The van der Waals surface area contributed by atoms with Crippen LogP contribution in [0.2, 0.25) is 5.02 Å². The van der Waals surface area contributed by atoms with Crippen LogP contribution in [-0.2, 0) is 0 Å². The number of nitrogens with one attached hydrogen (secondary N) is 1. The number of halogens is 2. The standard InChI is InChI=1S/C15H11BrClNO3/c1-8-4-11(17)2-3-13(8)14(19)18-12-6-9(15(20)21)5-10(16)7-12/h2-7H,1H3,(H,18,19)(H,20,21). The minimum Gasteiger partial charge on any atom is -0.478 e. The van der Waals surface area contributed by atoms with Gasteiger partial charge >= 0.3 is 5.97 Å². The van der Waals surface area contributed by atoms with Crippen molar-refractivity contribution in [2.24, 2.45) is 0 Å². The fourth-order valence-electron chi connectivity index (χ4n) is 1.87. The van der Waals surface area contributed by atoms with Crippen LogP contribution in [0.4, 0.5) is 5.69 Å². The summed E-state index contributed by atoms with van der Waals surface area (Å²) in [4.78, 5) is 23.2. The minimum absolute atomic E-state index is 0.0903. The predicted molar refractivity (Wildman–Crippen MR) is 85.2 cm³/mol. The molecule has 0 fully saturated rings. The van der Waals surface area contributed by atoms with Crippen molar-refractivity contribution in [2.45, 2.75) is 6.92 Å². The van der Waals surface area contributed by atoms with Gasteiger partial charge in [0.05, 0.1) is 5.56 Å². The van der Waals surface area contributed by atoms with E-state index in [2.05, 4.69) is 21.2 Å². The Labute approximate surface area is 134 Å². The zero-order chi connectivity index (χ0) is 15.6. The van der Waals surface area contributed by atoms with Gasteiger partial charge in [0.15, 0.2) is 0 Å². The van der Waals surface area contributed by atoms with Crippen LogP contribution in [0.3, 0.4) is 0 Å². The number of hydrogen-bond acceptors (Lipinski definition) is 2. The van der Waals surface area contributed by atoms with Gasteiger partial charge in [-0.25, -0.2) is 4.79 Å². The lowest BCUT2D eigenvalue weighted by Gasteiger charge is -2.09. The summed E-state index contributed by atoms with van der Waals surface area (Å²) in [6.07, 6.45) is 0. The molecule has 21 heavy (non-hydrogen) atoms. The van der Waals surface area contributed by atoms with E-state index in [1.54, 1.807) is 31.2 Å². The second kappa shape index (κ2) is 6.28. The summed E-state index contributed by atoms with van der Waals surface area (Å²) in [5, 5.41) is 12.2. The fraction of sp³-hybridized carbons (Fsp3) is 0.0667. The molecule has 2 rings (SSSR count). The molecule has 0 saturated heterocycles. The van der Waals surface area contributed by atoms with E-state index < -0.39 is 5.97 Å². The SMILES string of the molecule is Cc1cc(Cl)ccc1C(=O)Nc1cc(Br)cc(C(=O)O)c1. The Morgan fingerprint density at radius 1 is 1.19 bits per heavy atom. The van der Waals surface area contributed by atoms with Gasteiger partial charge in [-0.3, -0.25) is 4.79 Å². The van der Waals surface area contributed by atoms with Crippen molar-refractivity contribution in [2.75, 3.05) is 5.32 Å². The third kappa shape index (κ3) is 3.83. The highest BCUT2D eigenvalue weighted by Gasteiger charge is 2.12. The number of amides is 1. The second-order valence-corrected chi connectivity index (χ2v) is 5.80. The highest BCUT2D eigenvalue weighted by atomic mass is 79.9. The Morgan fingerprint density at radius 2 is 1.90 bits per heavy atom. The summed E-state index contributed by atoms with van der Waals surface area (Å²) in [7, 11) is 0. The van der Waals surface area contributed by atoms with Crippen LogP contribution in [0.15, 0.2) is 40.9 Å². The molecular formula is C15H11BrClNO3. The largest absolute Gasteiger partial charge is 0.478 e. The molecule has 0 saturated carbocycles. The average Bonchev–Trinajstić information content (AvgIpc) is 2.37. The topological polar surface area (TPSA) is 66.4 Å². The maximum atomic E-state index is 12.2. The van der Waals surface area contributed by atoms with Crippen molar-refractivity contribution >= 4 is 45.1 Å². The van der Waals surface area contributed by atoms with E-state index in [-0.39, 0.29) is 11.5 Å². The third-order valence-electron chi connectivity index (χ3n) is 2.84. The van der Waals surface area contributed by atoms with Crippen molar-refractivity contribution in [3.63, 3.8) is 0 Å². The summed E-state index contributed by atoms with van der Waals surface area (Å²) >= 11 is 9.07. The molecule has 0 aliphatic heterocycles. The minimum atomic E-state index is -1.06. The number of benzene rings is 2. The molecule has 1 amide bonds. The van der Waals surface area contributed by atoms with E-state index in [4.69, 9.17) is 16.7 Å². The van der Waals surface area contributed by atoms with E-state index in [1.807, 2.05) is 0 Å². The average molecular weight is 369 g/mol. The summed E-state index contributed by atoms with van der Waals surface area (Å²) in [5.74, 6) is -1.38. The Kier molecular flexibility index (Phi) is 4.65. The first-order valence-corrected chi connectivity index (χ1v) is 7.15. The zero-order valence-corrected chi connectivity index (χ0v) is 13.3. The fourth-order valence-corrected chi connectivity index (χ4v) is 2.59. The summed E-state index contributed by atoms with van der Waals surface area (Å²) < 4.78 is 0.575. The Morgan fingerprint density at radius 3 is 2.52 bits per heavy atom. The van der Waals surface area contributed by atoms with Gasteiger partial charge in [-0.1, -0.05) is 27.5 Å². The van der Waals surface area contributed by atoms with E-state index in [1.165, 1.54) is 12.1 Å². The van der Waals surface area contributed by atoms with Gasteiger partial charge in [-0.15, -0.1) is 0 Å². The van der Waals surface area contributed by atoms with E-state index in [9.17, 15) is 9.59 Å². The molecule has 2 N–H and O–H groups in total. The Balaban J connectivity index is 2.29. The van der Waals surface area contributed by atoms with Crippen LogP contribution in [0, 0.1) is 6.92 Å². The molecular weight excluding hydrogens is 358 g/mol. The summed E-state index contributed by atoms with van der Waals surface area (Å²) in [6, 6.07) is 9.45. The van der Waals surface area contributed by atoms with Crippen LogP contribution in [0.5, 0.6) is 0 Å². The molecule has 0 aliphatic rings. The molecule has 0 unspecified atom stereocenters. The lowest BCUT2D eigenvalue weighted by atomic mass is 10.1. The third-order valence-corrected chi connectivity index (χ3v) is 3.53. The highest BCUT2D eigenvalue weighted by molar-refractivity contribution is 9.10. The molecule has 0 atom stereocenters. The first kappa shape index (κ1) is 15.5. The van der Waals surface area contributed by atoms with Gasteiger partial charge in [-0.05, 0) is 48.9 Å². The molecule has 108 valence electrons. The van der Waals surface area contributed by atoms with E-state index in [0.717, 1.165) is 5.56 Å². The molecule has 0 aliphatic carbocycles. The number of rotatable bonds is 3. The smallest absolute Gasteiger partial charge is 0.335 e. The summed E-state index contributed by atoms with van der Waals surface area (Å²) in [6.45, 7) is 1.78. The van der Waals surface area contributed by atoms with Crippen LogP contribution in [0.1, 0.15) is 26.3 Å². The number of carbonyl (C=O) groups is 2. The molecule has 0 heterocycles. The number of hydrogen-bond donors (Lipinski definition) is 2. The van der Waals surface area contributed by atoms with Crippen LogP contribution < -0.4 is 5.32 Å². The number of carboxylic acid groups (broad SMARTS) is 1. The van der Waals surface area contributed by atoms with E-state index in [0.29, 0.717) is 20.7 Å². The van der Waals surface area contributed by atoms with Crippen molar-refractivity contribution in [1.29, 1.82) is 0 Å². The monoisotopic (exact) mass is 367 g/mol. The number of anilines is 1. The number of aryl methyl sites for hydroxylation is 1. The molecule has 0 radical (unpaired) electrons. The molecule has 4 nitrogen and oxygen atoms in total. The second-order valence-electron chi connectivity index (χ2n) is 4.45. The lowest BCUT2D eigenvalue weighted by molar-refractivity contribution is 0.0696. The quantitative estimate of drug-likeness (QED) is 0.846. The van der Waals surface area contributed by atoms with Gasteiger partial charge in [0, 0.05) is 20.7 Å². The van der Waals surface area contributed by atoms with Crippen molar-refractivity contribution in [3.05, 3.63) is 62.6 Å². The van der Waals surface area contributed by atoms with Crippen molar-refractivity contribution < 1.29 is 14.7 Å². The molecule has 0 aromatic heterocycles. The number of carboxylic acids is 1. The Bertz CT molecular complexity index is 731. The van der Waals surface area contributed by atoms with Crippen LogP contribution >= 0.6 is 27.5 Å². The molecule has 2 aromatic rings. The number of carbonyl (C=O) groups excluding carboxylic acids is 1. The van der Waals surface area contributed by atoms with Gasteiger partial charge in [-0.2, -0.15) is 0 Å². The van der Waals surface area contributed by atoms with Crippen molar-refractivity contribution in [1.82, 2.24) is 0 Å². The molecule has 0 bridgehead atoms. The summed E-state index contributed by atoms with van der Waals surface area (Å²) in [5.41, 5.74) is 1.72. The predicted octanol–water partition coefficient (Wildman–Crippen LogP) is 4.36. The van der Waals surface area contributed by atoms with Crippen LogP contribution in [-0.4, -0.2) is 17.0 Å². The van der Waals surface area contributed by atoms with Gasteiger partial charge in [0.2, 0.25) is 0 Å². The molecule has 0 spiro atoms. The molecule has 2 aromatic carbocycles. The van der Waals surface area contributed by atoms with Gasteiger partial charge in [0.25, 0.3) is 5.91 Å². The first-order chi connectivity index (χ1) is 9.86. The van der Waals surface area contributed by atoms with Gasteiger partial charge in [0.1, 0.15) is 0 Å².